The molecule has 0 saturated heterocycles. The number of aliphatic carboxylic acids is 1. The van der Waals surface area contributed by atoms with E-state index in [4.69, 9.17) is 0 Å². The zero-order chi connectivity index (χ0) is 6.85. The maximum absolute atomic E-state index is 10.2. The van der Waals surface area contributed by atoms with Gasteiger partial charge in [-0.05, 0) is 6.08 Å². The van der Waals surface area contributed by atoms with Crippen LogP contribution >= 0.6 is 0 Å². The quantitative estimate of drug-likeness (QED) is 0.278. The Labute approximate surface area is 79.1 Å². The molecule has 1 aliphatic rings. The van der Waals surface area contributed by atoms with Crippen molar-refractivity contribution >= 4 is 11.9 Å². The molecule has 0 amide bonds. The normalized spacial score (nSPS) is 21.6. The number of carbonyl (C=O) groups is 2. The van der Waals surface area contributed by atoms with Gasteiger partial charge in [-0.1, -0.05) is 0 Å². The number of cyclic esters (lactones) is 1. The predicted octanol–water partition coefficient (Wildman–Crippen LogP) is -4.78. The van der Waals surface area contributed by atoms with Crippen molar-refractivity contribution in [2.45, 2.75) is 6.10 Å². The molecule has 0 N–H and O–H groups in total. The van der Waals surface area contributed by atoms with E-state index in [2.05, 4.69) is 4.74 Å². The van der Waals surface area contributed by atoms with Crippen molar-refractivity contribution < 1.29 is 49.0 Å². The van der Waals surface area contributed by atoms with E-state index < -0.39 is 18.0 Å². The van der Waals surface area contributed by atoms with Gasteiger partial charge in [0, 0.05) is 6.08 Å². The summed E-state index contributed by atoms with van der Waals surface area (Å²) in [5, 5.41) is 9.91. The first-order valence-electron chi connectivity index (χ1n) is 2.30. The Hall–Kier alpha value is -0.320. The van der Waals surface area contributed by atoms with E-state index in [0.717, 1.165) is 12.2 Å². The summed E-state index contributed by atoms with van der Waals surface area (Å²) in [5.74, 6) is -2.03. The molecule has 0 aromatic rings. The van der Waals surface area contributed by atoms with E-state index in [9.17, 15) is 14.7 Å². The largest absolute Gasteiger partial charge is 1.00 e. The van der Waals surface area contributed by atoms with Crippen LogP contribution in [-0.4, -0.2) is 18.0 Å². The Morgan fingerprint density at radius 1 is 1.70 bits per heavy atom. The smallest absolute Gasteiger partial charge is 0.546 e. The standard InChI is InChI=1S/C5H4O4.Na/c6-4-2-1-3(9-4)5(7)8;/h1-3H,(H,7,8);/q;+1/p-1. The van der Waals surface area contributed by atoms with Crippen LogP contribution in [0.25, 0.3) is 0 Å². The van der Waals surface area contributed by atoms with Crippen LogP contribution in [-0.2, 0) is 14.3 Å². The first kappa shape index (κ1) is 9.68. The number of hydrogen-bond acceptors (Lipinski definition) is 4. The molecule has 0 bridgehead atoms. The predicted molar refractivity (Wildman–Crippen MR) is 24.0 cm³/mol. The average Bonchev–Trinajstić information content (AvgIpc) is 2.14. The average molecular weight is 150 g/mol. The van der Waals surface area contributed by atoms with Crippen molar-refractivity contribution in [3.8, 4) is 0 Å². The van der Waals surface area contributed by atoms with Crippen LogP contribution in [0.15, 0.2) is 12.2 Å². The molecule has 0 aliphatic carbocycles. The fourth-order valence-electron chi connectivity index (χ4n) is 0.496. The molecule has 1 unspecified atom stereocenters. The van der Waals surface area contributed by atoms with Crippen LogP contribution in [0.4, 0.5) is 0 Å². The van der Waals surface area contributed by atoms with Gasteiger partial charge in [-0.2, -0.15) is 0 Å². The van der Waals surface area contributed by atoms with E-state index in [1.807, 2.05) is 0 Å². The topological polar surface area (TPSA) is 66.4 Å². The monoisotopic (exact) mass is 150 g/mol. The second kappa shape index (κ2) is 3.75. The van der Waals surface area contributed by atoms with Gasteiger partial charge < -0.3 is 14.6 Å². The minimum atomic E-state index is -1.39. The minimum Gasteiger partial charge on any atom is -0.546 e. The SMILES string of the molecule is O=C1C=CC(C(=O)[O-])O1.[Na+]. The summed E-state index contributed by atoms with van der Waals surface area (Å²) in [7, 11) is 0. The van der Waals surface area contributed by atoms with Gasteiger partial charge in [0.2, 0.25) is 0 Å². The van der Waals surface area contributed by atoms with Crippen molar-refractivity contribution in [2.24, 2.45) is 0 Å². The second-order valence-electron chi connectivity index (χ2n) is 1.54. The van der Waals surface area contributed by atoms with Gasteiger partial charge in [0.1, 0.15) is 0 Å². The van der Waals surface area contributed by atoms with Crippen molar-refractivity contribution in [1.29, 1.82) is 0 Å². The Bertz CT molecular complexity index is 186. The Kier molecular flexibility index (Phi) is 3.63. The third-order valence-electron chi connectivity index (χ3n) is 0.883. The molecule has 0 radical (unpaired) electrons. The molecule has 5 heteroatoms. The van der Waals surface area contributed by atoms with Crippen molar-refractivity contribution in [2.75, 3.05) is 0 Å². The third-order valence-corrected chi connectivity index (χ3v) is 0.883. The third kappa shape index (κ3) is 2.13. The van der Waals surface area contributed by atoms with Gasteiger partial charge in [-0.25, -0.2) is 4.79 Å². The van der Waals surface area contributed by atoms with Gasteiger partial charge >= 0.3 is 35.5 Å². The van der Waals surface area contributed by atoms with E-state index in [1.165, 1.54) is 0 Å². The Morgan fingerprint density at radius 3 is 2.50 bits per heavy atom. The van der Waals surface area contributed by atoms with Gasteiger partial charge in [0.15, 0.2) is 6.10 Å². The molecule has 10 heavy (non-hydrogen) atoms. The molecular weight excluding hydrogens is 147 g/mol. The molecule has 1 aliphatic heterocycles. The van der Waals surface area contributed by atoms with Gasteiger partial charge in [-0.3, -0.25) is 0 Å². The number of carboxylic acids is 1. The van der Waals surface area contributed by atoms with Crippen LogP contribution in [0.2, 0.25) is 0 Å². The number of rotatable bonds is 1. The molecule has 4 nitrogen and oxygen atoms in total. The van der Waals surface area contributed by atoms with Crippen molar-refractivity contribution in [3.63, 3.8) is 0 Å². The van der Waals surface area contributed by atoms with Gasteiger partial charge in [-0.15, -0.1) is 0 Å². The number of carboxylic acid groups (broad SMARTS) is 1. The first-order valence-corrected chi connectivity index (χ1v) is 2.30. The van der Waals surface area contributed by atoms with Crippen LogP contribution in [0.3, 0.4) is 0 Å². The number of carbonyl (C=O) groups excluding carboxylic acids is 2. The molecule has 0 spiro atoms. The summed E-state index contributed by atoms with van der Waals surface area (Å²) in [6, 6.07) is 0. The minimum absolute atomic E-state index is 0. The first-order chi connectivity index (χ1) is 4.20. The second-order valence-corrected chi connectivity index (χ2v) is 1.54. The zero-order valence-corrected chi connectivity index (χ0v) is 7.37. The van der Waals surface area contributed by atoms with Gasteiger partial charge in [0.05, 0.1) is 5.97 Å². The maximum atomic E-state index is 10.2. The zero-order valence-electron chi connectivity index (χ0n) is 5.37. The summed E-state index contributed by atoms with van der Waals surface area (Å²) in [4.78, 5) is 20.1. The molecule has 0 aromatic carbocycles. The molecule has 1 rings (SSSR count). The molecule has 1 atom stereocenters. The summed E-state index contributed by atoms with van der Waals surface area (Å²) in [6.45, 7) is 0. The Balaban J connectivity index is 0.000000810. The molecule has 0 fully saturated rings. The van der Waals surface area contributed by atoms with E-state index in [0.29, 0.717) is 0 Å². The number of hydrogen-bond donors (Lipinski definition) is 0. The molecule has 1 heterocycles. The van der Waals surface area contributed by atoms with Crippen LogP contribution < -0.4 is 34.7 Å². The van der Waals surface area contributed by atoms with Crippen LogP contribution in [0.1, 0.15) is 0 Å². The molecule has 0 saturated carbocycles. The molecular formula is C5H3NaO4. The van der Waals surface area contributed by atoms with E-state index >= 15 is 0 Å². The maximum Gasteiger partial charge on any atom is 1.00 e. The van der Waals surface area contributed by atoms with Crippen molar-refractivity contribution in [1.82, 2.24) is 0 Å². The van der Waals surface area contributed by atoms with Crippen LogP contribution in [0, 0.1) is 0 Å². The van der Waals surface area contributed by atoms with Crippen LogP contribution in [0.5, 0.6) is 0 Å². The Morgan fingerprint density at radius 2 is 2.30 bits per heavy atom. The summed E-state index contributed by atoms with van der Waals surface area (Å²) < 4.78 is 4.21. The van der Waals surface area contributed by atoms with E-state index in [1.54, 1.807) is 0 Å². The van der Waals surface area contributed by atoms with Gasteiger partial charge in [0.25, 0.3) is 0 Å². The molecule has 48 valence electrons. The summed E-state index contributed by atoms with van der Waals surface area (Å²) in [5.41, 5.74) is 0. The fraction of sp³-hybridized carbons (Fsp3) is 0.200. The number of ether oxygens (including phenoxy) is 1. The fourth-order valence-corrected chi connectivity index (χ4v) is 0.496. The van der Waals surface area contributed by atoms with Crippen molar-refractivity contribution in [3.05, 3.63) is 12.2 Å². The summed E-state index contributed by atoms with van der Waals surface area (Å²) >= 11 is 0. The molecule has 0 aromatic heterocycles. The summed E-state index contributed by atoms with van der Waals surface area (Å²) in [6.07, 6.45) is 1.01. The number of esters is 1. The van der Waals surface area contributed by atoms with E-state index in [-0.39, 0.29) is 29.6 Å².